The van der Waals surface area contributed by atoms with Crippen LogP contribution in [0.2, 0.25) is 5.02 Å². The lowest BCUT2D eigenvalue weighted by Crippen LogP contribution is -2.36. The highest BCUT2D eigenvalue weighted by Gasteiger charge is 2.25. The van der Waals surface area contributed by atoms with E-state index in [-0.39, 0.29) is 0 Å². The number of rotatable bonds is 3. The van der Waals surface area contributed by atoms with Crippen LogP contribution < -0.4 is 5.32 Å². The van der Waals surface area contributed by atoms with E-state index in [1.165, 1.54) is 0 Å². The highest BCUT2D eigenvalue weighted by Crippen LogP contribution is 2.35. The van der Waals surface area contributed by atoms with Crippen molar-refractivity contribution < 1.29 is 4.42 Å². The molecule has 0 amide bonds. The second-order valence-electron chi connectivity index (χ2n) is 7.49. The van der Waals surface area contributed by atoms with Crippen molar-refractivity contribution in [2.75, 3.05) is 0 Å². The van der Waals surface area contributed by atoms with E-state index in [2.05, 4.69) is 10.3 Å². The number of aliphatic imine (C=N–C) groups is 2. The molecule has 0 bridgehead atoms. The first-order chi connectivity index (χ1) is 15.8. The summed E-state index contributed by atoms with van der Waals surface area (Å²) in [4.78, 5) is 14.5. The second-order valence-corrected chi connectivity index (χ2v) is 7.90. The van der Waals surface area contributed by atoms with Crippen LogP contribution in [0.15, 0.2) is 106 Å². The number of para-hydroxylation sites is 1. The van der Waals surface area contributed by atoms with Gasteiger partial charge >= 0.3 is 0 Å². The van der Waals surface area contributed by atoms with Crippen molar-refractivity contribution in [2.24, 2.45) is 9.98 Å². The summed E-state index contributed by atoms with van der Waals surface area (Å²) in [6, 6.07) is 27.9. The zero-order chi connectivity index (χ0) is 21.5. The Balaban J connectivity index is 1.57. The molecular weight excluding hydrogens is 420 g/mol. The quantitative estimate of drug-likeness (QED) is 0.370. The smallest absolute Gasteiger partial charge is 0.169 e. The first-order valence-corrected chi connectivity index (χ1v) is 10.6. The Hall–Kier alpha value is -3.96. The van der Waals surface area contributed by atoms with E-state index in [4.69, 9.17) is 26.0 Å². The summed E-state index contributed by atoms with van der Waals surface area (Å²) >= 11 is 6.45. The first-order valence-electron chi connectivity index (χ1n) is 10.3. The van der Waals surface area contributed by atoms with E-state index in [0.717, 1.165) is 33.3 Å². The van der Waals surface area contributed by atoms with E-state index >= 15 is 0 Å². The minimum Gasteiger partial charge on any atom is -0.454 e. The Bertz CT molecular complexity index is 1510. The molecule has 0 radical (unpaired) electrons. The maximum absolute atomic E-state index is 6.45. The molecule has 0 aliphatic carbocycles. The number of hydrogen-bond acceptors (Lipinski definition) is 5. The summed E-state index contributed by atoms with van der Waals surface area (Å²) < 4.78 is 6.05. The highest BCUT2D eigenvalue weighted by molar-refractivity contribution is 6.36. The summed E-state index contributed by atoms with van der Waals surface area (Å²) in [5.74, 6) is 1.36. The summed E-state index contributed by atoms with van der Waals surface area (Å²) in [5, 5.41) is 5.65. The van der Waals surface area contributed by atoms with Gasteiger partial charge in [0.05, 0.1) is 11.6 Å². The van der Waals surface area contributed by atoms with Gasteiger partial charge in [-0.1, -0.05) is 90.5 Å². The zero-order valence-electron chi connectivity index (χ0n) is 16.9. The van der Waals surface area contributed by atoms with Crippen LogP contribution in [0.25, 0.3) is 21.9 Å². The van der Waals surface area contributed by atoms with Crippen molar-refractivity contribution in [3.8, 4) is 0 Å². The number of fused-ring (bicyclic) bond motifs is 3. The van der Waals surface area contributed by atoms with Crippen molar-refractivity contribution in [3.05, 3.63) is 113 Å². The second kappa shape index (κ2) is 7.62. The van der Waals surface area contributed by atoms with Gasteiger partial charge in [-0.2, -0.15) is 0 Å². The molecule has 0 fully saturated rings. The van der Waals surface area contributed by atoms with Crippen LogP contribution in [-0.2, 0) is 0 Å². The van der Waals surface area contributed by atoms with E-state index < -0.39 is 6.17 Å². The summed E-state index contributed by atoms with van der Waals surface area (Å²) in [5.41, 5.74) is 4.01. The van der Waals surface area contributed by atoms with Gasteiger partial charge in [0.2, 0.25) is 0 Å². The summed E-state index contributed by atoms with van der Waals surface area (Å²) in [7, 11) is 0. The lowest BCUT2D eigenvalue weighted by molar-refractivity contribution is 0.668. The van der Waals surface area contributed by atoms with E-state index in [0.29, 0.717) is 22.1 Å². The molecule has 32 heavy (non-hydrogen) atoms. The standard InChI is InChI=1S/C26H17ClN4O/c27-19-15-28-22(21-18-13-7-8-14-20(18)32-23(19)21)26-30-24(16-9-3-1-4-10-16)29-25(31-26)17-11-5-2-6-12-17/h1-15,24H,(H,29,30,31). The Morgan fingerprint density at radius 1 is 0.781 bits per heavy atom. The Morgan fingerprint density at radius 3 is 2.28 bits per heavy atom. The monoisotopic (exact) mass is 436 g/mol. The normalized spacial score (nSPS) is 16.0. The predicted molar refractivity (Wildman–Crippen MR) is 128 cm³/mol. The molecule has 1 aliphatic heterocycles. The van der Waals surface area contributed by atoms with Gasteiger partial charge in [-0.25, -0.2) is 9.98 Å². The molecule has 6 heteroatoms. The van der Waals surface area contributed by atoms with Gasteiger partial charge in [0.1, 0.15) is 22.1 Å². The van der Waals surface area contributed by atoms with Crippen molar-refractivity contribution in [3.63, 3.8) is 0 Å². The fraction of sp³-hybridized carbons (Fsp3) is 0.0385. The molecule has 154 valence electrons. The third-order valence-electron chi connectivity index (χ3n) is 5.47. The number of nitrogens with zero attached hydrogens (tertiary/aromatic N) is 3. The number of halogens is 1. The minimum absolute atomic E-state index is 0.395. The molecule has 0 saturated heterocycles. The largest absolute Gasteiger partial charge is 0.454 e. The van der Waals surface area contributed by atoms with Crippen LogP contribution in [0.5, 0.6) is 0 Å². The SMILES string of the molecule is Clc1cnc(C2=NC(c3ccccc3)N=C(c3ccccc3)N2)c2c1oc1ccccc12. The molecule has 1 aliphatic rings. The minimum atomic E-state index is -0.395. The topological polar surface area (TPSA) is 62.8 Å². The van der Waals surface area contributed by atoms with Gasteiger partial charge in [0.15, 0.2) is 17.6 Å². The van der Waals surface area contributed by atoms with E-state index in [1.54, 1.807) is 6.20 Å². The third-order valence-corrected chi connectivity index (χ3v) is 5.73. The highest BCUT2D eigenvalue weighted by atomic mass is 35.5. The number of hydrogen-bond donors (Lipinski definition) is 1. The average Bonchev–Trinajstić information content (AvgIpc) is 3.26. The van der Waals surface area contributed by atoms with Crippen molar-refractivity contribution >= 4 is 45.2 Å². The molecule has 5 aromatic rings. The number of benzene rings is 3. The number of aromatic nitrogens is 1. The van der Waals surface area contributed by atoms with Crippen LogP contribution in [0.3, 0.4) is 0 Å². The first kappa shape index (κ1) is 18.8. The summed E-state index contributed by atoms with van der Waals surface area (Å²) in [6.07, 6.45) is 1.21. The molecular formula is C26H17ClN4O. The lowest BCUT2D eigenvalue weighted by atomic mass is 10.1. The van der Waals surface area contributed by atoms with Gasteiger partial charge in [-0.05, 0) is 11.6 Å². The Kier molecular flexibility index (Phi) is 4.47. The summed E-state index contributed by atoms with van der Waals surface area (Å²) in [6.45, 7) is 0. The van der Waals surface area contributed by atoms with Crippen molar-refractivity contribution in [2.45, 2.75) is 6.17 Å². The van der Waals surface area contributed by atoms with Crippen LogP contribution in [0.4, 0.5) is 0 Å². The van der Waals surface area contributed by atoms with Crippen molar-refractivity contribution in [1.29, 1.82) is 0 Å². The number of pyridine rings is 1. The van der Waals surface area contributed by atoms with E-state index in [9.17, 15) is 0 Å². The third kappa shape index (κ3) is 3.15. The molecule has 3 aromatic carbocycles. The van der Waals surface area contributed by atoms with Gasteiger partial charge < -0.3 is 9.73 Å². The Morgan fingerprint density at radius 2 is 1.47 bits per heavy atom. The zero-order valence-corrected chi connectivity index (χ0v) is 17.6. The molecule has 1 atom stereocenters. The Labute approximate surface area is 189 Å². The predicted octanol–water partition coefficient (Wildman–Crippen LogP) is 6.13. The number of nitrogens with one attached hydrogen (secondary N) is 1. The number of furan rings is 1. The molecule has 2 aromatic heterocycles. The van der Waals surface area contributed by atoms with Crippen molar-refractivity contribution in [1.82, 2.24) is 10.3 Å². The molecule has 1 unspecified atom stereocenters. The van der Waals surface area contributed by atoms with Gasteiger partial charge in [0.25, 0.3) is 0 Å². The van der Waals surface area contributed by atoms with Crippen LogP contribution in [-0.4, -0.2) is 16.7 Å². The molecule has 5 nitrogen and oxygen atoms in total. The van der Waals surface area contributed by atoms with Crippen LogP contribution in [0, 0.1) is 0 Å². The average molecular weight is 437 g/mol. The van der Waals surface area contributed by atoms with Crippen LogP contribution in [0.1, 0.15) is 23.0 Å². The molecule has 0 spiro atoms. The lowest BCUT2D eigenvalue weighted by Gasteiger charge is -2.22. The molecule has 1 N–H and O–H groups in total. The number of amidine groups is 2. The fourth-order valence-corrected chi connectivity index (χ4v) is 4.14. The van der Waals surface area contributed by atoms with Gasteiger partial charge in [-0.3, -0.25) is 4.98 Å². The maximum Gasteiger partial charge on any atom is 0.169 e. The molecule has 3 heterocycles. The van der Waals surface area contributed by atoms with Gasteiger partial charge in [-0.15, -0.1) is 0 Å². The fourth-order valence-electron chi connectivity index (χ4n) is 3.96. The molecule has 0 saturated carbocycles. The van der Waals surface area contributed by atoms with E-state index in [1.807, 2.05) is 84.9 Å². The van der Waals surface area contributed by atoms with Gasteiger partial charge in [0, 0.05) is 10.9 Å². The molecule has 6 rings (SSSR count). The van der Waals surface area contributed by atoms with Crippen LogP contribution >= 0.6 is 11.6 Å². The maximum atomic E-state index is 6.45.